The molecule has 10 rings (SSSR count). The Balaban J connectivity index is 0.879. The van der Waals surface area contributed by atoms with E-state index in [-0.39, 0.29) is 37.2 Å². The molecule has 6 aromatic rings. The van der Waals surface area contributed by atoms with Gasteiger partial charge in [-0.2, -0.15) is 0 Å². The Bertz CT molecular complexity index is 2940. The van der Waals surface area contributed by atoms with E-state index in [1.807, 2.05) is 128 Å². The van der Waals surface area contributed by atoms with Crippen molar-refractivity contribution in [3.63, 3.8) is 0 Å². The molecule has 0 bridgehead atoms. The van der Waals surface area contributed by atoms with Gasteiger partial charge in [0.2, 0.25) is 5.91 Å². The van der Waals surface area contributed by atoms with Crippen molar-refractivity contribution in [2.24, 2.45) is 0 Å². The van der Waals surface area contributed by atoms with Crippen LogP contribution in [-0.4, -0.2) is 64.6 Å². The third-order valence-electron chi connectivity index (χ3n) is 12.9. The number of thiophene rings is 1. The van der Waals surface area contributed by atoms with E-state index in [1.54, 1.807) is 0 Å². The van der Waals surface area contributed by atoms with Crippen molar-refractivity contribution in [2.45, 2.75) is 69.1 Å². The molecule has 2 N–H and O–H groups in total. The third kappa shape index (κ3) is 8.36. The zero-order valence-corrected chi connectivity index (χ0v) is 39.2. The summed E-state index contributed by atoms with van der Waals surface area (Å²) < 4.78 is 26.1. The predicted molar refractivity (Wildman–Crippen MR) is 261 cm³/mol. The first-order valence-corrected chi connectivity index (χ1v) is 24.7. The first-order valence-electron chi connectivity index (χ1n) is 22.8. The number of carbonyl (C=O) groups excluding carboxylic acids is 3. The monoisotopic (exact) mass is 947 g/mol. The number of rotatable bonds is 17. The van der Waals surface area contributed by atoms with Crippen LogP contribution in [0.4, 0.5) is 11.4 Å². The number of aliphatic carboxylic acids is 1. The van der Waals surface area contributed by atoms with Crippen molar-refractivity contribution < 1.29 is 43.2 Å². The van der Waals surface area contributed by atoms with Crippen molar-refractivity contribution in [2.75, 3.05) is 24.3 Å². The molecule has 2 amide bonds. The van der Waals surface area contributed by atoms with Crippen LogP contribution in [0.3, 0.4) is 0 Å². The molecular weight excluding hydrogens is 899 g/mol. The van der Waals surface area contributed by atoms with Gasteiger partial charge in [0.05, 0.1) is 12.0 Å². The Kier molecular flexibility index (Phi) is 12.5. The second-order valence-corrected chi connectivity index (χ2v) is 19.4. The van der Waals surface area contributed by atoms with Gasteiger partial charge in [-0.3, -0.25) is 14.5 Å². The van der Waals surface area contributed by atoms with E-state index >= 15 is 0 Å². The highest BCUT2D eigenvalue weighted by atomic mass is 32.2. The number of aryl methyl sites for hydroxylation is 1. The second-order valence-electron chi connectivity index (χ2n) is 17.2. The summed E-state index contributed by atoms with van der Waals surface area (Å²) in [4.78, 5) is 56.3. The molecule has 346 valence electrons. The number of benzene rings is 5. The molecule has 0 radical (unpaired) electrons. The van der Waals surface area contributed by atoms with Crippen molar-refractivity contribution in [3.8, 4) is 23.0 Å². The average molecular weight is 948 g/mol. The molecule has 5 heterocycles. The third-order valence-corrected chi connectivity index (χ3v) is 15.1. The SMILES string of the molecule is CCCCCCc1cc2c(cc1OCc1ccc(OCC3=C(C(=O)O)N4C(=O)[C@H](NC(=O)Cc5cccs5)[C@@H]4SC3)cc1)Oc1cc(N(C)c3ccccc3)ccc1C21OC(=O)c2ccccc21. The number of hydrogen-bond acceptors (Lipinski definition) is 11. The summed E-state index contributed by atoms with van der Waals surface area (Å²) in [7, 11) is 2.00. The van der Waals surface area contributed by atoms with E-state index in [9.17, 15) is 24.3 Å². The van der Waals surface area contributed by atoms with Crippen LogP contribution in [0, 0.1) is 0 Å². The normalized spacial score (nSPS) is 18.6. The number of carboxylic acid groups (broad SMARTS) is 1. The molecule has 14 heteroatoms. The van der Waals surface area contributed by atoms with Crippen molar-refractivity contribution in [1.29, 1.82) is 0 Å². The lowest BCUT2D eigenvalue weighted by Gasteiger charge is -2.49. The summed E-state index contributed by atoms with van der Waals surface area (Å²) >= 11 is 2.87. The zero-order valence-electron chi connectivity index (χ0n) is 37.6. The number of fused-ring (bicyclic) bond motifs is 7. The highest BCUT2D eigenvalue weighted by Gasteiger charge is 2.55. The van der Waals surface area contributed by atoms with Crippen LogP contribution in [0.15, 0.2) is 138 Å². The summed E-state index contributed by atoms with van der Waals surface area (Å²) in [5, 5.41) is 14.4. The fourth-order valence-corrected chi connectivity index (χ4v) is 11.4. The summed E-state index contributed by atoms with van der Waals surface area (Å²) in [6.45, 7) is 2.40. The Morgan fingerprint density at radius 3 is 2.41 bits per heavy atom. The minimum Gasteiger partial charge on any atom is -0.489 e. The molecule has 1 saturated heterocycles. The molecule has 1 spiro atoms. The van der Waals surface area contributed by atoms with Crippen LogP contribution < -0.4 is 24.4 Å². The molecule has 0 saturated carbocycles. The number of carbonyl (C=O) groups is 4. The standard InChI is InChI=1S/C54H49N3O9S2/c1-3-4-5-7-13-34-26-43-46(65-45-27-37(56(2)36-14-8-6-9-15-36)21-24-42(45)54(43)41-18-11-10-17-40(41)53(62)66-54)29-44(34)64-30-33-19-22-38(23-20-33)63-31-35-32-68-51-48(50(59)57(51)49(35)52(60)61)55-47(58)28-39-16-12-25-67-39/h6,8-12,14-27,29,48,51H,3-5,7,13,28,30-32H2,1-2H3,(H,55,58)(H,60,61)/t48-,51-,54?/m0/s1. The minimum atomic E-state index is -1.23. The van der Waals surface area contributed by atoms with E-state index < -0.39 is 28.9 Å². The zero-order chi connectivity index (χ0) is 46.9. The Hall–Kier alpha value is -7.03. The van der Waals surface area contributed by atoms with Gasteiger partial charge in [-0.15, -0.1) is 23.1 Å². The number of carboxylic acids is 1. The van der Waals surface area contributed by atoms with E-state index in [0.717, 1.165) is 76.2 Å². The molecule has 0 aliphatic carbocycles. The fraction of sp³-hybridized carbons (Fsp3) is 0.259. The lowest BCUT2D eigenvalue weighted by Crippen LogP contribution is -2.70. The van der Waals surface area contributed by atoms with Gasteiger partial charge in [0, 0.05) is 63.4 Å². The average Bonchev–Trinajstić information content (AvgIpc) is 3.98. The van der Waals surface area contributed by atoms with Gasteiger partial charge < -0.3 is 34.3 Å². The Labute approximate surface area is 402 Å². The number of nitrogens with zero attached hydrogens (tertiary/aromatic N) is 2. The molecule has 5 aromatic carbocycles. The Morgan fingerprint density at radius 2 is 1.63 bits per heavy atom. The topological polar surface area (TPSA) is 144 Å². The summed E-state index contributed by atoms with van der Waals surface area (Å²) in [6.07, 6.45) is 5.13. The molecule has 1 aromatic heterocycles. The number of unbranched alkanes of at least 4 members (excludes halogenated alkanes) is 3. The van der Waals surface area contributed by atoms with Crippen molar-refractivity contribution in [1.82, 2.24) is 10.2 Å². The van der Waals surface area contributed by atoms with Crippen LogP contribution in [0.5, 0.6) is 23.0 Å². The maximum Gasteiger partial charge on any atom is 0.352 e. The number of ether oxygens (including phenoxy) is 4. The van der Waals surface area contributed by atoms with E-state index in [0.29, 0.717) is 39.9 Å². The van der Waals surface area contributed by atoms with Crippen LogP contribution in [0.1, 0.15) is 75.7 Å². The van der Waals surface area contributed by atoms with E-state index in [1.165, 1.54) is 28.0 Å². The molecule has 3 atom stereocenters. The van der Waals surface area contributed by atoms with Gasteiger partial charge >= 0.3 is 11.9 Å². The number of nitrogens with one attached hydrogen (secondary N) is 1. The highest BCUT2D eigenvalue weighted by molar-refractivity contribution is 8.00. The fourth-order valence-electron chi connectivity index (χ4n) is 9.42. The molecule has 1 unspecified atom stereocenters. The highest BCUT2D eigenvalue weighted by Crippen LogP contribution is 2.58. The van der Waals surface area contributed by atoms with E-state index in [2.05, 4.69) is 23.2 Å². The maximum atomic E-state index is 13.7. The summed E-state index contributed by atoms with van der Waals surface area (Å²) in [6, 6.07) is 38.0. The Morgan fingerprint density at radius 1 is 0.838 bits per heavy atom. The van der Waals surface area contributed by atoms with Gasteiger partial charge in [0.25, 0.3) is 5.91 Å². The molecule has 4 aliphatic heterocycles. The van der Waals surface area contributed by atoms with Crippen LogP contribution in [0.2, 0.25) is 0 Å². The van der Waals surface area contributed by atoms with Crippen LogP contribution in [0.25, 0.3) is 0 Å². The number of para-hydroxylation sites is 1. The maximum absolute atomic E-state index is 13.7. The lowest BCUT2D eigenvalue weighted by molar-refractivity contribution is -0.150. The summed E-state index contributed by atoms with van der Waals surface area (Å²) in [5.74, 6) is 0.301. The molecule has 4 aliphatic rings. The van der Waals surface area contributed by atoms with Gasteiger partial charge in [0.15, 0.2) is 5.60 Å². The number of hydrogen-bond donors (Lipinski definition) is 2. The number of thioether (sulfide) groups is 1. The smallest absolute Gasteiger partial charge is 0.352 e. The molecular formula is C54H49N3O9S2. The first-order chi connectivity index (χ1) is 33.1. The largest absolute Gasteiger partial charge is 0.489 e. The van der Waals surface area contributed by atoms with Gasteiger partial charge in [-0.25, -0.2) is 9.59 Å². The van der Waals surface area contributed by atoms with Crippen molar-refractivity contribution in [3.05, 3.63) is 176 Å². The van der Waals surface area contributed by atoms with Gasteiger partial charge in [0.1, 0.15) is 53.3 Å². The number of esters is 1. The molecule has 12 nitrogen and oxygen atoms in total. The number of amides is 2. The molecule has 68 heavy (non-hydrogen) atoms. The quantitative estimate of drug-likeness (QED) is 0.0512. The second kappa shape index (κ2) is 18.9. The van der Waals surface area contributed by atoms with Gasteiger partial charge in [-0.1, -0.05) is 80.8 Å². The van der Waals surface area contributed by atoms with Crippen LogP contribution in [-0.2, 0) is 44.2 Å². The number of β-lactam (4-membered cyclic amide) rings is 1. The van der Waals surface area contributed by atoms with Crippen LogP contribution >= 0.6 is 23.1 Å². The minimum absolute atomic E-state index is 0.0264. The molecule has 1 fully saturated rings. The van der Waals surface area contributed by atoms with Gasteiger partial charge in [-0.05, 0) is 83.9 Å². The number of anilines is 2. The summed E-state index contributed by atoms with van der Waals surface area (Å²) in [5.41, 5.74) is 5.69. The predicted octanol–water partition coefficient (Wildman–Crippen LogP) is 10.1. The lowest BCUT2D eigenvalue weighted by atomic mass is 9.77. The van der Waals surface area contributed by atoms with Crippen molar-refractivity contribution >= 4 is 58.2 Å². The first kappa shape index (κ1) is 44.8. The van der Waals surface area contributed by atoms with E-state index in [4.69, 9.17) is 18.9 Å².